The predicted molar refractivity (Wildman–Crippen MR) is 101 cm³/mol. The molecule has 0 fully saturated rings. The SMILES string of the molecule is COc1cccc2c1C(=O)c1c(OC)cc(NC(=O)CCCCl)cc1C2=O. The van der Waals surface area contributed by atoms with Crippen molar-refractivity contribution >= 4 is 34.8 Å². The van der Waals surface area contributed by atoms with E-state index in [9.17, 15) is 14.4 Å². The number of ether oxygens (including phenoxy) is 2. The second-order valence-electron chi connectivity index (χ2n) is 5.98. The van der Waals surface area contributed by atoms with Crippen LogP contribution < -0.4 is 14.8 Å². The van der Waals surface area contributed by atoms with Gasteiger partial charge in [0.25, 0.3) is 0 Å². The van der Waals surface area contributed by atoms with Gasteiger partial charge in [-0.1, -0.05) is 12.1 Å². The number of hydrogen-bond donors (Lipinski definition) is 1. The molecule has 1 aliphatic carbocycles. The molecule has 0 spiro atoms. The van der Waals surface area contributed by atoms with Gasteiger partial charge in [0, 0.05) is 35.2 Å². The minimum atomic E-state index is -0.353. The normalized spacial score (nSPS) is 12.3. The van der Waals surface area contributed by atoms with Gasteiger partial charge in [-0.25, -0.2) is 0 Å². The average Bonchev–Trinajstić information content (AvgIpc) is 2.69. The molecule has 0 atom stereocenters. The number of halogens is 1. The topological polar surface area (TPSA) is 81.7 Å². The minimum absolute atomic E-state index is 0.165. The molecule has 3 rings (SSSR count). The third kappa shape index (κ3) is 3.40. The summed E-state index contributed by atoms with van der Waals surface area (Å²) in [5.74, 6) is 0.0240. The molecule has 0 bridgehead atoms. The fraction of sp³-hybridized carbons (Fsp3) is 0.250. The number of alkyl halides is 1. The lowest BCUT2D eigenvalue weighted by atomic mass is 9.82. The highest BCUT2D eigenvalue weighted by Crippen LogP contribution is 2.38. The van der Waals surface area contributed by atoms with E-state index in [0.29, 0.717) is 23.7 Å². The number of fused-ring (bicyclic) bond motifs is 2. The van der Waals surface area contributed by atoms with E-state index < -0.39 is 0 Å². The number of benzene rings is 2. The molecule has 1 aliphatic rings. The molecule has 0 saturated heterocycles. The fourth-order valence-electron chi connectivity index (χ4n) is 3.11. The zero-order valence-electron chi connectivity index (χ0n) is 14.9. The van der Waals surface area contributed by atoms with Crippen LogP contribution in [0.2, 0.25) is 0 Å². The summed E-state index contributed by atoms with van der Waals surface area (Å²) in [6, 6.07) is 7.90. The number of carbonyl (C=O) groups excluding carboxylic acids is 3. The Balaban J connectivity index is 2.09. The molecule has 0 heterocycles. The zero-order valence-corrected chi connectivity index (χ0v) is 15.7. The summed E-state index contributed by atoms with van der Waals surface area (Å²) >= 11 is 5.61. The van der Waals surface area contributed by atoms with E-state index in [1.165, 1.54) is 26.4 Å². The second kappa shape index (κ2) is 7.80. The van der Waals surface area contributed by atoms with Crippen molar-refractivity contribution in [2.45, 2.75) is 12.8 Å². The Labute approximate surface area is 161 Å². The van der Waals surface area contributed by atoms with Gasteiger partial charge >= 0.3 is 0 Å². The molecule has 0 aliphatic heterocycles. The molecule has 0 radical (unpaired) electrons. The highest BCUT2D eigenvalue weighted by atomic mass is 35.5. The maximum absolute atomic E-state index is 13.1. The quantitative estimate of drug-likeness (QED) is 0.655. The van der Waals surface area contributed by atoms with Crippen molar-refractivity contribution in [3.8, 4) is 11.5 Å². The van der Waals surface area contributed by atoms with Crippen molar-refractivity contribution < 1.29 is 23.9 Å². The molecule has 140 valence electrons. The predicted octanol–water partition coefficient (Wildman–Crippen LogP) is 3.44. The minimum Gasteiger partial charge on any atom is -0.496 e. The summed E-state index contributed by atoms with van der Waals surface area (Å²) in [6.45, 7) is 0. The number of hydrogen-bond acceptors (Lipinski definition) is 5. The second-order valence-corrected chi connectivity index (χ2v) is 6.36. The maximum Gasteiger partial charge on any atom is 0.224 e. The van der Waals surface area contributed by atoms with Gasteiger partial charge in [0.2, 0.25) is 11.7 Å². The van der Waals surface area contributed by atoms with Crippen LogP contribution in [0.1, 0.15) is 44.7 Å². The number of nitrogens with one attached hydrogen (secondary N) is 1. The van der Waals surface area contributed by atoms with E-state index in [0.717, 1.165) is 0 Å². The van der Waals surface area contributed by atoms with E-state index >= 15 is 0 Å². The molecular formula is C20H18ClNO5. The summed E-state index contributed by atoms with van der Waals surface area (Å²) in [5.41, 5.74) is 1.22. The third-order valence-corrected chi connectivity index (χ3v) is 4.60. The van der Waals surface area contributed by atoms with Gasteiger partial charge in [-0.05, 0) is 18.6 Å². The van der Waals surface area contributed by atoms with Gasteiger partial charge in [0.15, 0.2) is 5.78 Å². The summed E-state index contributed by atoms with van der Waals surface area (Å²) in [4.78, 5) is 38.1. The van der Waals surface area contributed by atoms with Crippen molar-refractivity contribution in [3.05, 3.63) is 52.6 Å². The first kappa shape index (κ1) is 18.9. The van der Waals surface area contributed by atoms with Gasteiger partial charge in [0.05, 0.1) is 25.3 Å². The van der Waals surface area contributed by atoms with E-state index in [-0.39, 0.29) is 51.9 Å². The molecule has 2 aromatic rings. The summed E-state index contributed by atoms with van der Waals surface area (Å²) < 4.78 is 10.6. The Morgan fingerprint density at radius 2 is 1.70 bits per heavy atom. The van der Waals surface area contributed by atoms with Crippen LogP contribution in [-0.2, 0) is 4.79 Å². The molecule has 6 nitrogen and oxygen atoms in total. The molecule has 0 aromatic heterocycles. The molecular weight excluding hydrogens is 370 g/mol. The lowest BCUT2D eigenvalue weighted by molar-refractivity contribution is -0.116. The number of rotatable bonds is 6. The van der Waals surface area contributed by atoms with Crippen LogP contribution >= 0.6 is 11.6 Å². The Bertz CT molecular complexity index is 938. The van der Waals surface area contributed by atoms with Crippen LogP contribution in [0.5, 0.6) is 11.5 Å². The van der Waals surface area contributed by atoms with Crippen molar-refractivity contribution in [1.82, 2.24) is 0 Å². The zero-order chi connectivity index (χ0) is 19.6. The van der Waals surface area contributed by atoms with Crippen molar-refractivity contribution in [3.63, 3.8) is 0 Å². The molecule has 1 N–H and O–H groups in total. The first-order valence-electron chi connectivity index (χ1n) is 8.36. The Morgan fingerprint density at radius 3 is 2.37 bits per heavy atom. The highest BCUT2D eigenvalue weighted by molar-refractivity contribution is 6.30. The van der Waals surface area contributed by atoms with Crippen molar-refractivity contribution in [2.75, 3.05) is 25.4 Å². The van der Waals surface area contributed by atoms with Crippen LogP contribution in [0.3, 0.4) is 0 Å². The lowest BCUT2D eigenvalue weighted by Gasteiger charge is -2.22. The van der Waals surface area contributed by atoms with Crippen LogP contribution in [0.4, 0.5) is 5.69 Å². The van der Waals surface area contributed by atoms with Crippen LogP contribution in [0.25, 0.3) is 0 Å². The Kier molecular flexibility index (Phi) is 5.46. The molecule has 7 heteroatoms. The van der Waals surface area contributed by atoms with Crippen LogP contribution in [0.15, 0.2) is 30.3 Å². The van der Waals surface area contributed by atoms with E-state index in [1.54, 1.807) is 18.2 Å². The van der Waals surface area contributed by atoms with Gasteiger partial charge < -0.3 is 14.8 Å². The van der Waals surface area contributed by atoms with E-state index in [2.05, 4.69) is 5.32 Å². The standard InChI is InChI=1S/C20H18ClNO5/c1-26-14-6-3-5-12-17(14)20(25)18-13(19(12)24)9-11(10-15(18)27-2)22-16(23)7-4-8-21/h3,5-6,9-10H,4,7-8H2,1-2H3,(H,22,23). The molecule has 0 saturated carbocycles. The van der Waals surface area contributed by atoms with Gasteiger partial charge in [-0.15, -0.1) is 11.6 Å². The Morgan fingerprint density at radius 1 is 1.00 bits per heavy atom. The largest absolute Gasteiger partial charge is 0.496 e. The van der Waals surface area contributed by atoms with Crippen LogP contribution in [-0.4, -0.2) is 37.6 Å². The monoisotopic (exact) mass is 387 g/mol. The summed E-state index contributed by atoms with van der Waals surface area (Å²) in [6.07, 6.45) is 0.801. The number of carbonyl (C=O) groups is 3. The summed E-state index contributed by atoms with van der Waals surface area (Å²) in [7, 11) is 2.85. The van der Waals surface area contributed by atoms with Gasteiger partial charge in [-0.3, -0.25) is 14.4 Å². The van der Waals surface area contributed by atoms with Crippen molar-refractivity contribution in [1.29, 1.82) is 0 Å². The number of methoxy groups -OCH3 is 2. The molecule has 27 heavy (non-hydrogen) atoms. The first-order valence-corrected chi connectivity index (χ1v) is 8.89. The Hall–Kier alpha value is -2.86. The van der Waals surface area contributed by atoms with Gasteiger partial charge in [0.1, 0.15) is 11.5 Å². The fourth-order valence-corrected chi connectivity index (χ4v) is 3.24. The maximum atomic E-state index is 13.1. The number of amides is 1. The molecule has 2 aromatic carbocycles. The number of ketones is 2. The van der Waals surface area contributed by atoms with Crippen molar-refractivity contribution in [2.24, 2.45) is 0 Å². The van der Waals surface area contributed by atoms with E-state index in [4.69, 9.17) is 21.1 Å². The summed E-state index contributed by atoms with van der Waals surface area (Å²) in [5, 5.41) is 2.72. The first-order chi connectivity index (χ1) is 13.0. The number of anilines is 1. The van der Waals surface area contributed by atoms with E-state index in [1.807, 2.05) is 0 Å². The van der Waals surface area contributed by atoms with Gasteiger partial charge in [-0.2, -0.15) is 0 Å². The molecule has 1 amide bonds. The van der Waals surface area contributed by atoms with Crippen LogP contribution in [0, 0.1) is 0 Å². The lowest BCUT2D eigenvalue weighted by Crippen LogP contribution is -2.23. The average molecular weight is 388 g/mol. The smallest absolute Gasteiger partial charge is 0.224 e. The highest BCUT2D eigenvalue weighted by Gasteiger charge is 2.35. The molecule has 0 unspecified atom stereocenters. The third-order valence-electron chi connectivity index (χ3n) is 4.33.